The van der Waals surface area contributed by atoms with Crippen LogP contribution in [0.1, 0.15) is 42.0 Å². The summed E-state index contributed by atoms with van der Waals surface area (Å²) in [5.41, 5.74) is 7.64. The van der Waals surface area contributed by atoms with Gasteiger partial charge in [-0.1, -0.05) is 55.8 Å². The highest BCUT2D eigenvalue weighted by atomic mass is 16.3. The summed E-state index contributed by atoms with van der Waals surface area (Å²) in [5, 5.41) is 2.89. The second-order valence-electron chi connectivity index (χ2n) is 8.16. The van der Waals surface area contributed by atoms with E-state index in [9.17, 15) is 4.79 Å². The van der Waals surface area contributed by atoms with Crippen molar-refractivity contribution in [1.29, 1.82) is 0 Å². The minimum atomic E-state index is -0.189. The topological polar surface area (TPSA) is 55.1 Å². The predicted octanol–water partition coefficient (Wildman–Crippen LogP) is 6.89. The molecule has 0 spiro atoms. The lowest BCUT2D eigenvalue weighted by molar-refractivity contribution is -0.111. The van der Waals surface area contributed by atoms with Crippen LogP contribution >= 0.6 is 0 Å². The largest absolute Gasteiger partial charge is 0.436 e. The van der Waals surface area contributed by atoms with Crippen molar-refractivity contribution < 1.29 is 9.21 Å². The number of nitrogens with one attached hydrogen (secondary N) is 1. The van der Waals surface area contributed by atoms with Crippen molar-refractivity contribution in [2.75, 3.05) is 5.32 Å². The lowest BCUT2D eigenvalue weighted by atomic mass is 10.0. The SMILES string of the molecule is Cc1ccc(-c2nc3cc(NC(=O)C=Cc4ccc(C(C)C)cc4)ccc3o2)c(C)c1. The zero-order chi connectivity index (χ0) is 22.0. The standard InChI is InChI=1S/C27H26N2O2/c1-17(2)21-9-6-20(7-10-21)8-14-26(30)28-22-11-13-25-24(16-22)29-27(31-25)23-12-5-18(3)15-19(23)4/h5-17H,1-4H3,(H,28,30). The number of carbonyl (C=O) groups is 1. The first kappa shape index (κ1) is 20.6. The van der Waals surface area contributed by atoms with Crippen molar-refractivity contribution in [3.63, 3.8) is 0 Å². The normalized spacial score (nSPS) is 11.5. The zero-order valence-electron chi connectivity index (χ0n) is 18.3. The van der Waals surface area contributed by atoms with Crippen molar-refractivity contribution >= 4 is 28.8 Å². The molecular formula is C27H26N2O2. The van der Waals surface area contributed by atoms with Crippen LogP contribution in [0.25, 0.3) is 28.6 Å². The minimum Gasteiger partial charge on any atom is -0.436 e. The van der Waals surface area contributed by atoms with Crippen LogP contribution in [0, 0.1) is 13.8 Å². The van der Waals surface area contributed by atoms with Crippen molar-refractivity contribution in [1.82, 2.24) is 4.98 Å². The molecule has 1 amide bonds. The predicted molar refractivity (Wildman–Crippen MR) is 127 cm³/mol. The molecule has 0 saturated heterocycles. The average Bonchev–Trinajstić information content (AvgIpc) is 3.15. The van der Waals surface area contributed by atoms with Gasteiger partial charge in [0.25, 0.3) is 0 Å². The fraction of sp³-hybridized carbons (Fsp3) is 0.185. The Kier molecular flexibility index (Phi) is 5.72. The van der Waals surface area contributed by atoms with Crippen molar-refractivity contribution in [2.24, 2.45) is 0 Å². The van der Waals surface area contributed by atoms with Crippen molar-refractivity contribution in [3.8, 4) is 11.5 Å². The number of benzene rings is 3. The van der Waals surface area contributed by atoms with Gasteiger partial charge in [0.2, 0.25) is 11.8 Å². The third kappa shape index (κ3) is 4.75. The van der Waals surface area contributed by atoms with Gasteiger partial charge in [-0.3, -0.25) is 4.79 Å². The molecule has 3 aromatic carbocycles. The molecule has 4 aromatic rings. The summed E-state index contributed by atoms with van der Waals surface area (Å²) < 4.78 is 5.93. The van der Waals surface area contributed by atoms with E-state index >= 15 is 0 Å². The first-order chi connectivity index (χ1) is 14.9. The number of carbonyl (C=O) groups excluding carboxylic acids is 1. The number of oxazole rings is 1. The van der Waals surface area contributed by atoms with Gasteiger partial charge in [0, 0.05) is 17.3 Å². The summed E-state index contributed by atoms with van der Waals surface area (Å²) in [6.45, 7) is 8.43. The second-order valence-corrected chi connectivity index (χ2v) is 8.16. The van der Waals surface area contributed by atoms with Crippen LogP contribution < -0.4 is 5.32 Å². The molecule has 4 heteroatoms. The summed E-state index contributed by atoms with van der Waals surface area (Å²) >= 11 is 0. The molecule has 0 unspecified atom stereocenters. The minimum absolute atomic E-state index is 0.189. The van der Waals surface area contributed by atoms with E-state index in [1.807, 2.05) is 55.5 Å². The Morgan fingerprint density at radius 1 is 1.00 bits per heavy atom. The lowest BCUT2D eigenvalue weighted by Gasteiger charge is -2.04. The van der Waals surface area contributed by atoms with E-state index in [0.717, 1.165) is 16.7 Å². The van der Waals surface area contributed by atoms with E-state index in [0.29, 0.717) is 28.6 Å². The molecule has 1 N–H and O–H groups in total. The Morgan fingerprint density at radius 2 is 1.77 bits per heavy atom. The first-order valence-electron chi connectivity index (χ1n) is 10.5. The molecule has 0 fully saturated rings. The summed E-state index contributed by atoms with van der Waals surface area (Å²) in [4.78, 5) is 17.0. The third-order valence-electron chi connectivity index (χ3n) is 5.30. The highest BCUT2D eigenvalue weighted by molar-refractivity contribution is 6.02. The number of aromatic nitrogens is 1. The molecule has 31 heavy (non-hydrogen) atoms. The molecule has 156 valence electrons. The molecule has 1 aromatic heterocycles. The lowest BCUT2D eigenvalue weighted by Crippen LogP contribution is -2.07. The number of rotatable bonds is 5. The maximum atomic E-state index is 12.4. The van der Waals surface area contributed by atoms with E-state index in [4.69, 9.17) is 4.42 Å². The van der Waals surface area contributed by atoms with Gasteiger partial charge in [0.05, 0.1) is 0 Å². The average molecular weight is 411 g/mol. The first-order valence-corrected chi connectivity index (χ1v) is 10.5. The Balaban J connectivity index is 1.48. The second kappa shape index (κ2) is 8.60. The maximum absolute atomic E-state index is 12.4. The highest BCUT2D eigenvalue weighted by Gasteiger charge is 2.11. The van der Waals surface area contributed by atoms with Gasteiger partial charge in [-0.05, 0) is 66.8 Å². The Bertz CT molecular complexity index is 1260. The summed E-state index contributed by atoms with van der Waals surface area (Å²) in [6.07, 6.45) is 3.35. The van der Waals surface area contributed by atoms with Crippen molar-refractivity contribution in [2.45, 2.75) is 33.6 Å². The number of amides is 1. The van der Waals surface area contributed by atoms with Crippen LogP contribution in [0.4, 0.5) is 5.69 Å². The molecule has 0 radical (unpaired) electrons. The smallest absolute Gasteiger partial charge is 0.248 e. The number of fused-ring (bicyclic) bond motifs is 1. The van der Waals surface area contributed by atoms with E-state index in [2.05, 4.69) is 49.3 Å². The summed E-state index contributed by atoms with van der Waals surface area (Å²) in [5.74, 6) is 0.884. The Labute approximate surface area is 182 Å². The fourth-order valence-electron chi connectivity index (χ4n) is 3.52. The number of nitrogens with zero attached hydrogens (tertiary/aromatic N) is 1. The van der Waals surface area contributed by atoms with Gasteiger partial charge in [0.1, 0.15) is 5.52 Å². The summed E-state index contributed by atoms with van der Waals surface area (Å²) in [6, 6.07) is 19.9. The molecule has 4 nitrogen and oxygen atoms in total. The molecule has 0 bridgehead atoms. The Hall–Kier alpha value is -3.66. The van der Waals surface area contributed by atoms with Crippen LogP contribution in [0.2, 0.25) is 0 Å². The van der Waals surface area contributed by atoms with Crippen LogP contribution in [-0.2, 0) is 4.79 Å². The van der Waals surface area contributed by atoms with Gasteiger partial charge in [0.15, 0.2) is 5.58 Å². The van der Waals surface area contributed by atoms with Gasteiger partial charge >= 0.3 is 0 Å². The molecule has 0 saturated carbocycles. The highest BCUT2D eigenvalue weighted by Crippen LogP contribution is 2.28. The number of aryl methyl sites for hydroxylation is 2. The molecule has 0 aliphatic heterocycles. The Morgan fingerprint density at radius 3 is 2.48 bits per heavy atom. The van der Waals surface area contributed by atoms with Gasteiger partial charge in [-0.25, -0.2) is 4.98 Å². The molecule has 0 aliphatic carbocycles. The van der Waals surface area contributed by atoms with E-state index in [1.54, 1.807) is 6.08 Å². The van der Waals surface area contributed by atoms with Crippen LogP contribution in [-0.4, -0.2) is 10.9 Å². The third-order valence-corrected chi connectivity index (χ3v) is 5.30. The monoisotopic (exact) mass is 410 g/mol. The maximum Gasteiger partial charge on any atom is 0.248 e. The molecular weight excluding hydrogens is 384 g/mol. The zero-order valence-corrected chi connectivity index (χ0v) is 18.3. The molecule has 0 atom stereocenters. The van der Waals surface area contributed by atoms with Gasteiger partial charge in [-0.2, -0.15) is 0 Å². The molecule has 0 aliphatic rings. The van der Waals surface area contributed by atoms with E-state index < -0.39 is 0 Å². The fourth-order valence-corrected chi connectivity index (χ4v) is 3.52. The number of hydrogen-bond donors (Lipinski definition) is 1. The molecule has 4 rings (SSSR count). The van der Waals surface area contributed by atoms with Crippen molar-refractivity contribution in [3.05, 3.63) is 89.0 Å². The van der Waals surface area contributed by atoms with E-state index in [1.165, 1.54) is 11.1 Å². The quantitative estimate of drug-likeness (QED) is 0.365. The molecule has 1 heterocycles. The van der Waals surface area contributed by atoms with Gasteiger partial charge in [-0.15, -0.1) is 0 Å². The van der Waals surface area contributed by atoms with Crippen LogP contribution in [0.5, 0.6) is 0 Å². The van der Waals surface area contributed by atoms with Crippen LogP contribution in [0.15, 0.2) is 71.2 Å². The number of anilines is 1. The number of hydrogen-bond acceptors (Lipinski definition) is 3. The summed E-state index contributed by atoms with van der Waals surface area (Å²) in [7, 11) is 0. The van der Waals surface area contributed by atoms with Crippen LogP contribution in [0.3, 0.4) is 0 Å². The van der Waals surface area contributed by atoms with Gasteiger partial charge < -0.3 is 9.73 Å². The van der Waals surface area contributed by atoms with E-state index in [-0.39, 0.29) is 5.91 Å².